The zero-order valence-electron chi connectivity index (χ0n) is 15.6. The molecule has 0 spiro atoms. The minimum absolute atomic E-state index is 0.301. The fraction of sp³-hybridized carbons (Fsp3) is 1.00. The molecule has 0 amide bonds. The van der Waals surface area contributed by atoms with Gasteiger partial charge in [0.2, 0.25) is 0 Å². The van der Waals surface area contributed by atoms with Crippen LogP contribution in [0, 0.1) is 10.8 Å². The maximum atomic E-state index is 3.81. The van der Waals surface area contributed by atoms with Gasteiger partial charge in [0.05, 0.1) is 6.17 Å². The molecule has 2 atom stereocenters. The summed E-state index contributed by atoms with van der Waals surface area (Å²) in [5, 5.41) is 7.62. The molecule has 0 aromatic carbocycles. The van der Waals surface area contributed by atoms with Crippen molar-refractivity contribution in [1.82, 2.24) is 10.6 Å². The van der Waals surface area contributed by atoms with Crippen molar-refractivity contribution in [1.29, 1.82) is 0 Å². The molecule has 0 heterocycles. The first-order valence-electron chi connectivity index (χ1n) is 8.50. The minimum Gasteiger partial charge on any atom is -0.299 e. The lowest BCUT2D eigenvalue weighted by Gasteiger charge is -2.37. The van der Waals surface area contributed by atoms with Crippen molar-refractivity contribution in [3.8, 4) is 0 Å². The normalized spacial score (nSPS) is 17.9. The summed E-state index contributed by atoms with van der Waals surface area (Å²) in [5.41, 5.74) is 0.602. The number of rotatable bonds is 8. The first-order valence-corrected chi connectivity index (χ1v) is 8.50. The third kappa shape index (κ3) is 8.26. The molecule has 2 unspecified atom stereocenters. The summed E-state index contributed by atoms with van der Waals surface area (Å²) in [4.78, 5) is 0. The van der Waals surface area contributed by atoms with E-state index in [4.69, 9.17) is 0 Å². The van der Waals surface area contributed by atoms with Crippen LogP contribution in [0.3, 0.4) is 0 Å². The van der Waals surface area contributed by atoms with Crippen LogP contribution in [0.15, 0.2) is 0 Å². The molecule has 0 aromatic heterocycles. The topological polar surface area (TPSA) is 24.1 Å². The van der Waals surface area contributed by atoms with Crippen molar-refractivity contribution in [3.05, 3.63) is 0 Å². The third-order valence-corrected chi connectivity index (χ3v) is 4.60. The van der Waals surface area contributed by atoms with Crippen LogP contribution in [0.2, 0.25) is 0 Å². The van der Waals surface area contributed by atoms with Crippen LogP contribution in [-0.2, 0) is 0 Å². The Morgan fingerprint density at radius 2 is 1.15 bits per heavy atom. The smallest absolute Gasteiger partial charge is 0.0576 e. The van der Waals surface area contributed by atoms with E-state index in [0.29, 0.717) is 29.1 Å². The average Bonchev–Trinajstić information content (AvgIpc) is 2.26. The Balaban J connectivity index is 4.56. The van der Waals surface area contributed by atoms with Crippen molar-refractivity contribution < 1.29 is 0 Å². The monoisotopic (exact) mass is 284 g/mol. The second-order valence-corrected chi connectivity index (χ2v) is 8.56. The van der Waals surface area contributed by atoms with Crippen molar-refractivity contribution in [3.63, 3.8) is 0 Å². The SMILES string of the molecule is CCCCCC(NC(C)C(C)(C)C)NC(C)C(C)(C)C. The van der Waals surface area contributed by atoms with Crippen molar-refractivity contribution >= 4 is 0 Å². The van der Waals surface area contributed by atoms with Gasteiger partial charge in [-0.2, -0.15) is 0 Å². The summed E-state index contributed by atoms with van der Waals surface area (Å²) in [6.45, 7) is 20.7. The molecule has 0 radical (unpaired) electrons. The van der Waals surface area contributed by atoms with Crippen LogP contribution in [-0.4, -0.2) is 18.2 Å². The van der Waals surface area contributed by atoms with E-state index >= 15 is 0 Å². The van der Waals surface area contributed by atoms with Gasteiger partial charge in [-0.25, -0.2) is 0 Å². The largest absolute Gasteiger partial charge is 0.299 e. The van der Waals surface area contributed by atoms with E-state index in [-0.39, 0.29) is 0 Å². The average molecular weight is 285 g/mol. The van der Waals surface area contributed by atoms with E-state index in [9.17, 15) is 0 Å². The van der Waals surface area contributed by atoms with E-state index < -0.39 is 0 Å². The summed E-state index contributed by atoms with van der Waals surface area (Å²) in [6.07, 6.45) is 5.55. The molecule has 0 aliphatic rings. The molecule has 0 aliphatic heterocycles. The predicted molar refractivity (Wildman–Crippen MR) is 92.0 cm³/mol. The summed E-state index contributed by atoms with van der Waals surface area (Å²) in [6, 6.07) is 1.02. The van der Waals surface area contributed by atoms with Crippen LogP contribution in [0.1, 0.15) is 88.0 Å². The highest BCUT2D eigenvalue weighted by Crippen LogP contribution is 2.22. The highest BCUT2D eigenvalue weighted by Gasteiger charge is 2.26. The summed E-state index contributed by atoms with van der Waals surface area (Å²) in [7, 11) is 0. The summed E-state index contributed by atoms with van der Waals surface area (Å²) >= 11 is 0. The number of hydrogen-bond acceptors (Lipinski definition) is 2. The molecular formula is C18H40N2. The first-order chi connectivity index (χ1) is 8.98. The van der Waals surface area contributed by atoms with E-state index in [1.54, 1.807) is 0 Å². The first kappa shape index (κ1) is 19.9. The van der Waals surface area contributed by atoms with E-state index in [2.05, 4.69) is 72.9 Å². The Hall–Kier alpha value is -0.0800. The predicted octanol–water partition coefficient (Wildman–Crippen LogP) is 4.94. The quantitative estimate of drug-likeness (QED) is 0.487. The molecule has 0 saturated heterocycles. The van der Waals surface area contributed by atoms with Gasteiger partial charge in [0, 0.05) is 12.1 Å². The Kier molecular flexibility index (Phi) is 8.35. The van der Waals surface area contributed by atoms with Gasteiger partial charge in [-0.1, -0.05) is 67.7 Å². The molecule has 0 aromatic rings. The van der Waals surface area contributed by atoms with Gasteiger partial charge in [0.1, 0.15) is 0 Å². The van der Waals surface area contributed by atoms with Gasteiger partial charge in [-0.05, 0) is 31.1 Å². The Labute approximate surface area is 128 Å². The zero-order valence-corrected chi connectivity index (χ0v) is 15.6. The molecule has 0 fully saturated rings. The van der Waals surface area contributed by atoms with Crippen LogP contribution in [0.4, 0.5) is 0 Å². The number of hydrogen-bond donors (Lipinski definition) is 2. The Morgan fingerprint density at radius 3 is 1.45 bits per heavy atom. The lowest BCUT2D eigenvalue weighted by molar-refractivity contribution is 0.195. The molecule has 2 nitrogen and oxygen atoms in total. The minimum atomic E-state index is 0.301. The van der Waals surface area contributed by atoms with Crippen molar-refractivity contribution in [2.24, 2.45) is 10.8 Å². The molecule has 0 saturated carbocycles. The molecular weight excluding hydrogens is 244 g/mol. The lowest BCUT2D eigenvalue weighted by Crippen LogP contribution is -2.55. The van der Waals surface area contributed by atoms with E-state index in [1.807, 2.05) is 0 Å². The van der Waals surface area contributed by atoms with Gasteiger partial charge >= 0.3 is 0 Å². The highest BCUT2D eigenvalue weighted by molar-refractivity contribution is 4.83. The third-order valence-electron chi connectivity index (χ3n) is 4.60. The lowest BCUT2D eigenvalue weighted by atomic mass is 9.86. The van der Waals surface area contributed by atoms with Crippen LogP contribution < -0.4 is 10.6 Å². The van der Waals surface area contributed by atoms with E-state index in [0.717, 1.165) is 0 Å². The van der Waals surface area contributed by atoms with Gasteiger partial charge in [0.15, 0.2) is 0 Å². The molecule has 0 rings (SSSR count). The highest BCUT2D eigenvalue weighted by atomic mass is 15.2. The summed E-state index contributed by atoms with van der Waals surface area (Å²) in [5.74, 6) is 0. The fourth-order valence-electron chi connectivity index (χ4n) is 1.92. The van der Waals surface area contributed by atoms with Crippen LogP contribution in [0.25, 0.3) is 0 Å². The zero-order chi connectivity index (χ0) is 16.0. The van der Waals surface area contributed by atoms with Gasteiger partial charge < -0.3 is 0 Å². The maximum absolute atomic E-state index is 3.81. The Bertz CT molecular complexity index is 225. The molecule has 0 aliphatic carbocycles. The Morgan fingerprint density at radius 1 is 0.750 bits per heavy atom. The molecule has 20 heavy (non-hydrogen) atoms. The second-order valence-electron chi connectivity index (χ2n) is 8.56. The number of unbranched alkanes of at least 4 members (excludes halogenated alkanes) is 2. The molecule has 2 heteroatoms. The standard InChI is InChI=1S/C18H40N2/c1-10-11-12-13-16(19-14(2)17(4,5)6)20-15(3)18(7,8)9/h14-16,19-20H,10-13H2,1-9H3. The molecule has 2 N–H and O–H groups in total. The van der Waals surface area contributed by atoms with Crippen LogP contribution >= 0.6 is 0 Å². The fourth-order valence-corrected chi connectivity index (χ4v) is 1.92. The van der Waals surface area contributed by atoms with Gasteiger partial charge in [0.25, 0.3) is 0 Å². The number of nitrogens with one attached hydrogen (secondary N) is 2. The molecule has 0 bridgehead atoms. The van der Waals surface area contributed by atoms with E-state index in [1.165, 1.54) is 25.7 Å². The maximum Gasteiger partial charge on any atom is 0.0576 e. The van der Waals surface area contributed by atoms with Crippen LogP contribution in [0.5, 0.6) is 0 Å². The van der Waals surface area contributed by atoms with Crippen molar-refractivity contribution in [2.75, 3.05) is 0 Å². The second kappa shape index (κ2) is 8.38. The summed E-state index contributed by atoms with van der Waals surface area (Å²) < 4.78 is 0. The van der Waals surface area contributed by atoms with Gasteiger partial charge in [-0.3, -0.25) is 10.6 Å². The van der Waals surface area contributed by atoms with Crippen molar-refractivity contribution in [2.45, 2.75) is 106 Å². The van der Waals surface area contributed by atoms with Gasteiger partial charge in [-0.15, -0.1) is 0 Å². The molecule has 122 valence electrons.